The Morgan fingerprint density at radius 3 is 2.46 bits per heavy atom. The van der Waals surface area contributed by atoms with Gasteiger partial charge in [-0.3, -0.25) is 0 Å². The van der Waals surface area contributed by atoms with Crippen LogP contribution in [-0.4, -0.2) is 37.1 Å². The molecule has 1 unspecified atom stereocenters. The molecule has 0 aromatic rings. The van der Waals surface area contributed by atoms with E-state index in [2.05, 4.69) is 5.32 Å². The molecule has 76 valence electrons. The van der Waals surface area contributed by atoms with Crippen LogP contribution in [0.15, 0.2) is 0 Å². The van der Waals surface area contributed by atoms with Gasteiger partial charge in [-0.25, -0.2) is 4.79 Å². The number of urea groups is 1. The van der Waals surface area contributed by atoms with Crippen molar-refractivity contribution in [3.8, 4) is 0 Å². The number of nitrogens with one attached hydrogen (secondary N) is 1. The van der Waals surface area contributed by atoms with E-state index < -0.39 is 0 Å². The van der Waals surface area contributed by atoms with Crippen molar-refractivity contribution < 1.29 is 4.79 Å². The number of nitrogens with zero attached hydrogens (tertiary/aromatic N) is 1. The molecule has 1 aliphatic carbocycles. The molecule has 1 atom stereocenters. The number of rotatable bonds is 3. The van der Waals surface area contributed by atoms with Gasteiger partial charge in [0.2, 0.25) is 0 Å². The third-order valence-corrected chi connectivity index (χ3v) is 2.70. The van der Waals surface area contributed by atoms with Crippen molar-refractivity contribution >= 4 is 6.03 Å². The van der Waals surface area contributed by atoms with Crippen LogP contribution in [0.2, 0.25) is 0 Å². The second-order valence-corrected chi connectivity index (χ2v) is 4.22. The third kappa shape index (κ3) is 2.34. The van der Waals surface area contributed by atoms with E-state index in [1.807, 2.05) is 6.92 Å². The summed E-state index contributed by atoms with van der Waals surface area (Å²) in [5.41, 5.74) is 5.46. The summed E-state index contributed by atoms with van der Waals surface area (Å²) in [4.78, 5) is 12.9. The van der Waals surface area contributed by atoms with Gasteiger partial charge in [-0.15, -0.1) is 0 Å². The van der Waals surface area contributed by atoms with Gasteiger partial charge in [0, 0.05) is 20.6 Å². The van der Waals surface area contributed by atoms with Gasteiger partial charge in [0.25, 0.3) is 0 Å². The molecule has 0 heterocycles. The zero-order valence-electron chi connectivity index (χ0n) is 8.63. The summed E-state index contributed by atoms with van der Waals surface area (Å²) in [5.74, 6) is 0.571. The fraction of sp³-hybridized carbons (Fsp3) is 0.889. The van der Waals surface area contributed by atoms with Crippen LogP contribution in [0.1, 0.15) is 19.8 Å². The Kier molecular flexibility index (Phi) is 2.81. The van der Waals surface area contributed by atoms with E-state index in [9.17, 15) is 4.79 Å². The highest BCUT2D eigenvalue weighted by molar-refractivity contribution is 5.74. The van der Waals surface area contributed by atoms with Crippen molar-refractivity contribution in [3.05, 3.63) is 0 Å². The van der Waals surface area contributed by atoms with Gasteiger partial charge >= 0.3 is 6.03 Å². The molecule has 0 radical (unpaired) electrons. The summed E-state index contributed by atoms with van der Waals surface area (Å²) in [6.45, 7) is 2.53. The molecule has 3 N–H and O–H groups in total. The lowest BCUT2D eigenvalue weighted by Crippen LogP contribution is -2.55. The van der Waals surface area contributed by atoms with Crippen LogP contribution in [0.25, 0.3) is 0 Å². The molecule has 4 nitrogen and oxygen atoms in total. The van der Waals surface area contributed by atoms with E-state index in [0.717, 1.165) is 0 Å². The van der Waals surface area contributed by atoms with Crippen LogP contribution in [0.3, 0.4) is 0 Å². The maximum Gasteiger partial charge on any atom is 0.317 e. The predicted molar refractivity (Wildman–Crippen MR) is 52.4 cm³/mol. The first-order valence-electron chi connectivity index (χ1n) is 4.69. The smallest absolute Gasteiger partial charge is 0.317 e. The van der Waals surface area contributed by atoms with Gasteiger partial charge in [-0.05, 0) is 25.7 Å². The lowest BCUT2D eigenvalue weighted by atomic mass is 9.96. The minimum absolute atomic E-state index is 0.0557. The van der Waals surface area contributed by atoms with E-state index >= 15 is 0 Å². The highest BCUT2D eigenvalue weighted by Crippen LogP contribution is 2.38. The van der Waals surface area contributed by atoms with E-state index in [1.165, 1.54) is 17.7 Å². The Morgan fingerprint density at radius 1 is 1.62 bits per heavy atom. The quantitative estimate of drug-likeness (QED) is 0.668. The number of amides is 2. The molecule has 2 amide bonds. The number of carbonyl (C=O) groups excluding carboxylic acids is 1. The summed E-state index contributed by atoms with van der Waals surface area (Å²) in [5, 5.41) is 2.97. The standard InChI is InChI=1S/C9H19N3O/c1-9(6-10,7-4-5-7)11-8(13)12(2)3/h7H,4-6,10H2,1-3H3,(H,11,13). The largest absolute Gasteiger partial charge is 0.331 e. The highest BCUT2D eigenvalue weighted by Gasteiger charge is 2.41. The highest BCUT2D eigenvalue weighted by atomic mass is 16.2. The Morgan fingerprint density at radius 2 is 2.15 bits per heavy atom. The first kappa shape index (κ1) is 10.3. The van der Waals surface area contributed by atoms with Crippen LogP contribution >= 0.6 is 0 Å². The maximum atomic E-state index is 11.4. The molecule has 0 aromatic carbocycles. The summed E-state index contributed by atoms with van der Waals surface area (Å²) in [6, 6.07) is -0.0557. The first-order chi connectivity index (χ1) is 5.99. The second-order valence-electron chi connectivity index (χ2n) is 4.22. The lowest BCUT2D eigenvalue weighted by Gasteiger charge is -2.30. The molecule has 1 saturated carbocycles. The molecule has 13 heavy (non-hydrogen) atoms. The molecule has 0 saturated heterocycles. The molecule has 4 heteroatoms. The van der Waals surface area contributed by atoms with Crippen LogP contribution in [0, 0.1) is 5.92 Å². The van der Waals surface area contributed by atoms with E-state index in [0.29, 0.717) is 12.5 Å². The van der Waals surface area contributed by atoms with E-state index in [1.54, 1.807) is 14.1 Å². The molecule has 0 aliphatic heterocycles. The zero-order valence-corrected chi connectivity index (χ0v) is 8.63. The second kappa shape index (κ2) is 3.54. The van der Waals surface area contributed by atoms with Crippen molar-refractivity contribution in [3.63, 3.8) is 0 Å². The molecule has 0 aromatic heterocycles. The van der Waals surface area contributed by atoms with Gasteiger partial charge in [-0.1, -0.05) is 0 Å². The molecule has 0 spiro atoms. The maximum absolute atomic E-state index is 11.4. The third-order valence-electron chi connectivity index (χ3n) is 2.70. The summed E-state index contributed by atoms with van der Waals surface area (Å²) < 4.78 is 0. The average molecular weight is 185 g/mol. The van der Waals surface area contributed by atoms with Crippen molar-refractivity contribution in [2.24, 2.45) is 11.7 Å². The SMILES string of the molecule is CN(C)C(=O)NC(C)(CN)C1CC1. The summed E-state index contributed by atoms with van der Waals surface area (Å²) >= 11 is 0. The van der Waals surface area contributed by atoms with E-state index in [-0.39, 0.29) is 11.6 Å². The Balaban J connectivity index is 2.52. The summed E-state index contributed by atoms with van der Waals surface area (Å²) in [6.07, 6.45) is 2.36. The van der Waals surface area contributed by atoms with E-state index in [4.69, 9.17) is 5.73 Å². The van der Waals surface area contributed by atoms with Crippen molar-refractivity contribution in [1.82, 2.24) is 10.2 Å². The van der Waals surface area contributed by atoms with Crippen molar-refractivity contribution in [2.75, 3.05) is 20.6 Å². The van der Waals surface area contributed by atoms with Gasteiger partial charge in [0.05, 0.1) is 5.54 Å². The van der Waals surface area contributed by atoms with Gasteiger partial charge < -0.3 is 16.0 Å². The summed E-state index contributed by atoms with van der Waals surface area (Å²) in [7, 11) is 3.47. The normalized spacial score (nSPS) is 20.6. The lowest BCUT2D eigenvalue weighted by molar-refractivity contribution is 0.199. The van der Waals surface area contributed by atoms with Crippen molar-refractivity contribution in [1.29, 1.82) is 0 Å². The van der Waals surface area contributed by atoms with Crippen LogP contribution in [-0.2, 0) is 0 Å². The fourth-order valence-corrected chi connectivity index (χ4v) is 1.40. The van der Waals surface area contributed by atoms with Crippen LogP contribution in [0.4, 0.5) is 4.79 Å². The number of nitrogens with two attached hydrogens (primary N) is 1. The Bertz CT molecular complexity index is 201. The molecular weight excluding hydrogens is 166 g/mol. The van der Waals surface area contributed by atoms with Crippen LogP contribution in [0.5, 0.6) is 0 Å². The molecule has 1 fully saturated rings. The molecule has 1 rings (SSSR count). The average Bonchev–Trinajstić information content (AvgIpc) is 2.86. The topological polar surface area (TPSA) is 58.4 Å². The number of hydrogen-bond acceptors (Lipinski definition) is 2. The minimum Gasteiger partial charge on any atom is -0.331 e. The molecular formula is C9H19N3O. The van der Waals surface area contributed by atoms with Gasteiger partial charge in [-0.2, -0.15) is 0 Å². The molecule has 1 aliphatic rings. The number of hydrogen-bond donors (Lipinski definition) is 2. The zero-order chi connectivity index (χ0) is 10.1. The van der Waals surface area contributed by atoms with Gasteiger partial charge in [0.1, 0.15) is 0 Å². The van der Waals surface area contributed by atoms with Gasteiger partial charge in [0.15, 0.2) is 0 Å². The molecule has 0 bridgehead atoms. The first-order valence-corrected chi connectivity index (χ1v) is 4.69. The van der Waals surface area contributed by atoms with Crippen molar-refractivity contribution in [2.45, 2.75) is 25.3 Å². The van der Waals surface area contributed by atoms with Crippen LogP contribution < -0.4 is 11.1 Å². The monoisotopic (exact) mass is 185 g/mol. The fourth-order valence-electron chi connectivity index (χ4n) is 1.40. The Labute approximate surface area is 79.5 Å². The Hall–Kier alpha value is -0.770. The minimum atomic E-state index is -0.207. The number of carbonyl (C=O) groups is 1. The predicted octanol–water partition coefficient (Wildman–Crippen LogP) is 0.385.